The minimum atomic E-state index is -5.27. The van der Waals surface area contributed by atoms with E-state index in [1.807, 2.05) is 0 Å². The van der Waals surface area contributed by atoms with E-state index in [9.17, 15) is 22.0 Å². The molecule has 35 heavy (non-hydrogen) atoms. The summed E-state index contributed by atoms with van der Waals surface area (Å²) in [6.45, 7) is 1.32. The molecule has 192 valence electrons. The van der Waals surface area contributed by atoms with Crippen LogP contribution < -0.4 is 9.47 Å². The van der Waals surface area contributed by atoms with Gasteiger partial charge < -0.3 is 14.2 Å². The monoisotopic (exact) mass is 510 g/mol. The molecule has 4 rings (SSSR count). The zero-order valence-electron chi connectivity index (χ0n) is 18.7. The highest BCUT2D eigenvalue weighted by Crippen LogP contribution is 2.60. The highest BCUT2D eigenvalue weighted by molar-refractivity contribution is 5.78. The Morgan fingerprint density at radius 1 is 0.829 bits per heavy atom. The maximum Gasteiger partial charge on any atom is 0.400 e. The Hall–Kier alpha value is -2.56. The summed E-state index contributed by atoms with van der Waals surface area (Å²) in [6, 6.07) is 3.25. The average molecular weight is 510 g/mol. The minimum absolute atomic E-state index is 0.0267. The van der Waals surface area contributed by atoms with Crippen LogP contribution in [0.3, 0.4) is 0 Å². The van der Waals surface area contributed by atoms with Gasteiger partial charge in [-0.25, -0.2) is 8.78 Å². The number of ether oxygens (including phenoxy) is 3. The van der Waals surface area contributed by atoms with Crippen molar-refractivity contribution >= 4 is 0 Å². The molecule has 0 amide bonds. The largest absolute Gasteiger partial charge is 0.491 e. The molecule has 0 spiro atoms. The molecule has 1 saturated carbocycles. The van der Waals surface area contributed by atoms with Gasteiger partial charge in [-0.15, -0.1) is 0 Å². The first-order valence-corrected chi connectivity index (χ1v) is 11.0. The van der Waals surface area contributed by atoms with E-state index < -0.39 is 69.3 Å². The van der Waals surface area contributed by atoms with E-state index >= 15 is 13.2 Å². The normalized spacial score (nSPS) is 22.8. The zero-order chi connectivity index (χ0) is 25.8. The second-order valence-corrected chi connectivity index (χ2v) is 8.56. The van der Waals surface area contributed by atoms with Crippen LogP contribution in [0.2, 0.25) is 0 Å². The molecule has 0 aliphatic heterocycles. The van der Waals surface area contributed by atoms with Gasteiger partial charge in [0, 0.05) is 7.11 Å². The van der Waals surface area contributed by atoms with Crippen LogP contribution in [0.25, 0.3) is 11.1 Å². The number of fused-ring (bicyclic) bond motifs is 3. The van der Waals surface area contributed by atoms with Crippen LogP contribution in [0.1, 0.15) is 43.7 Å². The number of methoxy groups -OCH3 is 1. The van der Waals surface area contributed by atoms with E-state index in [2.05, 4.69) is 4.74 Å². The summed E-state index contributed by atoms with van der Waals surface area (Å²) in [5, 5.41) is 0. The molecule has 0 aromatic heterocycles. The topological polar surface area (TPSA) is 27.7 Å². The van der Waals surface area contributed by atoms with E-state index in [0.29, 0.717) is 18.9 Å². The fourth-order valence-corrected chi connectivity index (χ4v) is 4.70. The van der Waals surface area contributed by atoms with Gasteiger partial charge in [-0.1, -0.05) is 0 Å². The van der Waals surface area contributed by atoms with Crippen molar-refractivity contribution in [1.29, 1.82) is 0 Å². The lowest BCUT2D eigenvalue weighted by Crippen LogP contribution is -2.42. The van der Waals surface area contributed by atoms with Crippen molar-refractivity contribution in [3.63, 3.8) is 0 Å². The summed E-state index contributed by atoms with van der Waals surface area (Å²) in [6.07, 6.45) is -3.63. The van der Waals surface area contributed by atoms with Gasteiger partial charge in [0.15, 0.2) is 23.1 Å². The molecule has 2 aliphatic carbocycles. The Balaban J connectivity index is 1.77. The Labute approximate surface area is 196 Å². The molecule has 0 heterocycles. The van der Waals surface area contributed by atoms with Crippen molar-refractivity contribution < 1.29 is 49.3 Å². The van der Waals surface area contributed by atoms with Crippen molar-refractivity contribution in [2.75, 3.05) is 13.7 Å². The standard InChI is InChI=1S/C24H22F8O3/c1-3-34-16-10-8-14-15-9-11-17(35-24(31,32)12-4-6-13(33-2)7-5-12)21(26)19(15)23(29,30)22(27,28)18(14)20(16)25/h8-13H,3-7H2,1-2H3. The second kappa shape index (κ2) is 8.83. The number of hydrogen-bond acceptors (Lipinski definition) is 3. The van der Waals surface area contributed by atoms with Crippen LogP contribution >= 0.6 is 0 Å². The molecule has 3 nitrogen and oxygen atoms in total. The molecule has 0 N–H and O–H groups in total. The van der Waals surface area contributed by atoms with Gasteiger partial charge in [0.2, 0.25) is 0 Å². The van der Waals surface area contributed by atoms with Crippen LogP contribution in [-0.4, -0.2) is 25.9 Å². The molecule has 0 bridgehead atoms. The number of benzene rings is 2. The highest BCUT2D eigenvalue weighted by Gasteiger charge is 2.66. The highest BCUT2D eigenvalue weighted by atomic mass is 19.3. The maximum absolute atomic E-state index is 15.2. The van der Waals surface area contributed by atoms with Crippen LogP contribution in [-0.2, 0) is 16.6 Å². The third-order valence-electron chi connectivity index (χ3n) is 6.55. The molecule has 0 saturated heterocycles. The Morgan fingerprint density at radius 2 is 1.31 bits per heavy atom. The molecular formula is C24H22F8O3. The predicted molar refractivity (Wildman–Crippen MR) is 109 cm³/mol. The first kappa shape index (κ1) is 25.5. The molecule has 2 aromatic carbocycles. The fourth-order valence-electron chi connectivity index (χ4n) is 4.70. The quantitative estimate of drug-likeness (QED) is 0.379. The number of halogens is 8. The van der Waals surface area contributed by atoms with E-state index in [0.717, 1.165) is 18.2 Å². The van der Waals surface area contributed by atoms with Gasteiger partial charge in [-0.2, -0.15) is 26.3 Å². The van der Waals surface area contributed by atoms with Crippen LogP contribution in [0.15, 0.2) is 24.3 Å². The van der Waals surface area contributed by atoms with E-state index in [-0.39, 0.29) is 25.6 Å². The number of rotatable bonds is 6. The molecule has 0 atom stereocenters. The lowest BCUT2D eigenvalue weighted by molar-refractivity contribution is -0.232. The average Bonchev–Trinajstić information content (AvgIpc) is 2.80. The lowest BCUT2D eigenvalue weighted by atomic mass is 9.79. The third-order valence-corrected chi connectivity index (χ3v) is 6.55. The van der Waals surface area contributed by atoms with Gasteiger partial charge in [0.25, 0.3) is 0 Å². The summed E-state index contributed by atoms with van der Waals surface area (Å²) in [4.78, 5) is 0. The van der Waals surface area contributed by atoms with Crippen LogP contribution in [0, 0.1) is 17.6 Å². The van der Waals surface area contributed by atoms with Crippen LogP contribution in [0.4, 0.5) is 35.1 Å². The summed E-state index contributed by atoms with van der Waals surface area (Å²) < 4.78 is 134. The first-order valence-electron chi connectivity index (χ1n) is 11.0. The van der Waals surface area contributed by atoms with Gasteiger partial charge in [0.05, 0.1) is 29.8 Å². The SMILES string of the molecule is CCOc1ccc2c(c1F)C(F)(F)C(F)(F)c1c-2ccc(OC(F)(F)C2CCC(OC)CC2)c1F. The van der Waals surface area contributed by atoms with Crippen molar-refractivity contribution in [3.8, 4) is 22.6 Å². The molecule has 2 aromatic rings. The van der Waals surface area contributed by atoms with Gasteiger partial charge in [-0.05, 0) is 68.0 Å². The van der Waals surface area contributed by atoms with Crippen molar-refractivity contribution in [2.24, 2.45) is 5.92 Å². The maximum atomic E-state index is 15.2. The fraction of sp³-hybridized carbons (Fsp3) is 0.500. The Kier molecular flexibility index (Phi) is 6.44. The third kappa shape index (κ3) is 4.01. The summed E-state index contributed by atoms with van der Waals surface area (Å²) >= 11 is 0. The van der Waals surface area contributed by atoms with E-state index in [1.54, 1.807) is 0 Å². The lowest BCUT2D eigenvalue weighted by Gasteiger charge is -2.36. The number of alkyl halides is 6. The first-order chi connectivity index (χ1) is 16.4. The van der Waals surface area contributed by atoms with E-state index in [4.69, 9.17) is 9.47 Å². The summed E-state index contributed by atoms with van der Waals surface area (Å²) in [5.74, 6) is -17.6. The molecular weight excluding hydrogens is 488 g/mol. The van der Waals surface area contributed by atoms with Crippen molar-refractivity contribution in [2.45, 2.75) is 56.7 Å². The van der Waals surface area contributed by atoms with Gasteiger partial charge >= 0.3 is 18.0 Å². The molecule has 11 heteroatoms. The van der Waals surface area contributed by atoms with E-state index in [1.165, 1.54) is 14.0 Å². The zero-order valence-corrected chi connectivity index (χ0v) is 18.7. The second-order valence-electron chi connectivity index (χ2n) is 8.56. The molecule has 0 radical (unpaired) electrons. The predicted octanol–water partition coefficient (Wildman–Crippen LogP) is 7.40. The smallest absolute Gasteiger partial charge is 0.400 e. The summed E-state index contributed by atoms with van der Waals surface area (Å²) in [5.41, 5.74) is -4.96. The van der Waals surface area contributed by atoms with Gasteiger partial charge in [0.1, 0.15) is 0 Å². The molecule has 2 aliphatic rings. The molecule has 0 unspecified atom stereocenters. The minimum Gasteiger partial charge on any atom is -0.491 e. The Bertz CT molecular complexity index is 1110. The Morgan fingerprint density at radius 3 is 1.80 bits per heavy atom. The molecule has 1 fully saturated rings. The number of hydrogen-bond donors (Lipinski definition) is 0. The summed E-state index contributed by atoms with van der Waals surface area (Å²) in [7, 11) is 1.44. The van der Waals surface area contributed by atoms with Crippen LogP contribution in [0.5, 0.6) is 11.5 Å². The van der Waals surface area contributed by atoms with Gasteiger partial charge in [-0.3, -0.25) is 0 Å². The van der Waals surface area contributed by atoms with Crippen molar-refractivity contribution in [1.82, 2.24) is 0 Å². The van der Waals surface area contributed by atoms with Crippen molar-refractivity contribution in [3.05, 3.63) is 47.0 Å².